The molecule has 0 unspecified atom stereocenters. The van der Waals surface area contributed by atoms with Crippen LogP contribution >= 0.6 is 0 Å². The minimum absolute atomic E-state index is 0.663. The summed E-state index contributed by atoms with van der Waals surface area (Å²) in [5, 5.41) is 8.44. The van der Waals surface area contributed by atoms with Gasteiger partial charge in [0.1, 0.15) is 24.1 Å². The summed E-state index contributed by atoms with van der Waals surface area (Å²) in [6.45, 7) is 5.29. The van der Waals surface area contributed by atoms with Crippen molar-refractivity contribution >= 4 is 11.4 Å². The molecule has 0 bridgehead atoms. The molecule has 1 aromatic carbocycles. The van der Waals surface area contributed by atoms with E-state index < -0.39 is 0 Å². The average Bonchev–Trinajstić information content (AvgIpc) is 3.01. The highest BCUT2D eigenvalue weighted by Gasteiger charge is 2.12. The topological polar surface area (TPSA) is 64.3 Å². The summed E-state index contributed by atoms with van der Waals surface area (Å²) in [5.74, 6) is 0.663. The Morgan fingerprint density at radius 3 is 2.90 bits per heavy atom. The number of hydrogen-bond acceptors (Lipinski definition) is 5. The molecule has 21 heavy (non-hydrogen) atoms. The Labute approximate surface area is 123 Å². The van der Waals surface area contributed by atoms with Crippen molar-refractivity contribution in [3.63, 3.8) is 0 Å². The SMILES string of the molecule is C=C1OCCC/C1=N\Nc1ccc(Cn2cncn2)cc1. The van der Waals surface area contributed by atoms with Gasteiger partial charge in [-0.05, 0) is 30.5 Å². The van der Waals surface area contributed by atoms with E-state index in [1.54, 1.807) is 11.0 Å². The molecule has 0 amide bonds. The predicted molar refractivity (Wildman–Crippen MR) is 80.9 cm³/mol. The quantitative estimate of drug-likeness (QED) is 0.875. The first kappa shape index (κ1) is 13.4. The Bertz CT molecular complexity index is 631. The van der Waals surface area contributed by atoms with E-state index in [0.717, 1.165) is 36.4 Å². The highest BCUT2D eigenvalue weighted by atomic mass is 16.5. The second kappa shape index (κ2) is 6.21. The smallest absolute Gasteiger partial charge is 0.137 e. The van der Waals surface area contributed by atoms with Crippen LogP contribution in [0.5, 0.6) is 0 Å². The van der Waals surface area contributed by atoms with Crippen LogP contribution in [0.2, 0.25) is 0 Å². The number of anilines is 1. The minimum Gasteiger partial charge on any atom is -0.492 e. The lowest BCUT2D eigenvalue weighted by atomic mass is 10.1. The summed E-state index contributed by atoms with van der Waals surface area (Å²) in [4.78, 5) is 3.93. The van der Waals surface area contributed by atoms with Crippen LogP contribution in [0.25, 0.3) is 0 Å². The van der Waals surface area contributed by atoms with Crippen molar-refractivity contribution in [2.75, 3.05) is 12.0 Å². The molecule has 0 spiro atoms. The Morgan fingerprint density at radius 2 is 2.19 bits per heavy atom. The van der Waals surface area contributed by atoms with Crippen LogP contribution in [-0.4, -0.2) is 27.1 Å². The second-order valence-electron chi connectivity index (χ2n) is 4.84. The van der Waals surface area contributed by atoms with Gasteiger partial charge < -0.3 is 4.74 Å². The maximum Gasteiger partial charge on any atom is 0.137 e. The molecule has 0 atom stereocenters. The van der Waals surface area contributed by atoms with Crippen molar-refractivity contribution in [3.05, 3.63) is 54.8 Å². The van der Waals surface area contributed by atoms with Crippen LogP contribution < -0.4 is 5.43 Å². The first-order valence-corrected chi connectivity index (χ1v) is 6.87. The van der Waals surface area contributed by atoms with Gasteiger partial charge >= 0.3 is 0 Å². The molecule has 2 aromatic rings. The largest absolute Gasteiger partial charge is 0.492 e. The van der Waals surface area contributed by atoms with Crippen molar-refractivity contribution < 1.29 is 4.74 Å². The van der Waals surface area contributed by atoms with Gasteiger partial charge in [-0.15, -0.1) is 0 Å². The number of nitrogens with one attached hydrogen (secondary N) is 1. The zero-order valence-electron chi connectivity index (χ0n) is 11.7. The van der Waals surface area contributed by atoms with Crippen molar-refractivity contribution in [3.8, 4) is 0 Å². The second-order valence-corrected chi connectivity index (χ2v) is 4.84. The number of allylic oxidation sites excluding steroid dienone is 1. The van der Waals surface area contributed by atoms with E-state index in [0.29, 0.717) is 12.3 Å². The van der Waals surface area contributed by atoms with Crippen molar-refractivity contribution in [2.24, 2.45) is 5.10 Å². The zero-order chi connectivity index (χ0) is 14.5. The standard InChI is InChI=1S/C15H17N5O/c1-12-15(3-2-8-21-12)19-18-14-6-4-13(5-7-14)9-20-11-16-10-17-20/h4-7,10-11,18H,1-3,8-9H2/b19-15+. The molecular weight excluding hydrogens is 266 g/mol. The Balaban J connectivity index is 1.61. The third-order valence-corrected chi connectivity index (χ3v) is 3.24. The third kappa shape index (κ3) is 3.47. The number of aromatic nitrogens is 3. The van der Waals surface area contributed by atoms with E-state index >= 15 is 0 Å². The first-order valence-electron chi connectivity index (χ1n) is 6.87. The third-order valence-electron chi connectivity index (χ3n) is 3.24. The van der Waals surface area contributed by atoms with E-state index in [1.807, 2.05) is 24.3 Å². The van der Waals surface area contributed by atoms with Crippen LogP contribution in [-0.2, 0) is 11.3 Å². The van der Waals surface area contributed by atoms with Gasteiger partial charge in [-0.3, -0.25) is 5.43 Å². The fourth-order valence-electron chi connectivity index (χ4n) is 2.09. The Hall–Kier alpha value is -2.63. The van der Waals surface area contributed by atoms with Gasteiger partial charge in [0, 0.05) is 0 Å². The lowest BCUT2D eigenvalue weighted by molar-refractivity contribution is 0.215. The molecule has 1 aromatic heterocycles. The first-order chi connectivity index (χ1) is 10.3. The predicted octanol–water partition coefficient (Wildman–Crippen LogP) is 2.42. The molecule has 1 aliphatic heterocycles. The molecule has 1 aliphatic rings. The molecule has 1 N–H and O–H groups in total. The van der Waals surface area contributed by atoms with E-state index in [2.05, 4.69) is 27.2 Å². The Morgan fingerprint density at radius 1 is 1.33 bits per heavy atom. The maximum atomic E-state index is 5.38. The number of hydrazone groups is 1. The lowest BCUT2D eigenvalue weighted by Crippen LogP contribution is -2.15. The molecule has 0 radical (unpaired) electrons. The monoisotopic (exact) mass is 283 g/mol. The molecule has 0 aliphatic carbocycles. The van der Waals surface area contributed by atoms with E-state index in [1.165, 1.54) is 6.33 Å². The fourth-order valence-corrected chi connectivity index (χ4v) is 2.09. The molecule has 6 nitrogen and oxygen atoms in total. The fraction of sp³-hybridized carbons (Fsp3) is 0.267. The average molecular weight is 283 g/mol. The van der Waals surface area contributed by atoms with Crippen molar-refractivity contribution in [1.82, 2.24) is 14.8 Å². The summed E-state index contributed by atoms with van der Waals surface area (Å²) < 4.78 is 7.16. The molecule has 0 saturated carbocycles. The number of benzene rings is 1. The summed E-state index contributed by atoms with van der Waals surface area (Å²) in [6, 6.07) is 8.05. The molecular formula is C15H17N5O. The zero-order valence-corrected chi connectivity index (χ0v) is 11.7. The summed E-state index contributed by atoms with van der Waals surface area (Å²) in [6.07, 6.45) is 5.12. The lowest BCUT2D eigenvalue weighted by Gasteiger charge is -2.17. The number of nitrogens with zero attached hydrogens (tertiary/aromatic N) is 4. The van der Waals surface area contributed by atoms with Gasteiger partial charge in [0.25, 0.3) is 0 Å². The van der Waals surface area contributed by atoms with E-state index in [4.69, 9.17) is 4.74 Å². The minimum atomic E-state index is 0.663. The van der Waals surface area contributed by atoms with Gasteiger partial charge in [-0.2, -0.15) is 10.2 Å². The molecule has 2 heterocycles. The normalized spacial score (nSPS) is 16.8. The van der Waals surface area contributed by atoms with Crippen LogP contribution in [0.1, 0.15) is 18.4 Å². The van der Waals surface area contributed by atoms with E-state index in [9.17, 15) is 0 Å². The van der Waals surface area contributed by atoms with Crippen LogP contribution in [0.15, 0.2) is 54.4 Å². The number of rotatable bonds is 4. The van der Waals surface area contributed by atoms with Crippen molar-refractivity contribution in [1.29, 1.82) is 0 Å². The summed E-state index contributed by atoms with van der Waals surface area (Å²) in [7, 11) is 0. The van der Waals surface area contributed by atoms with Crippen LogP contribution in [0.3, 0.4) is 0 Å². The summed E-state index contributed by atoms with van der Waals surface area (Å²) >= 11 is 0. The van der Waals surface area contributed by atoms with E-state index in [-0.39, 0.29) is 0 Å². The Kier molecular flexibility index (Phi) is 3.95. The molecule has 1 fully saturated rings. The van der Waals surface area contributed by atoms with Crippen LogP contribution in [0.4, 0.5) is 5.69 Å². The van der Waals surface area contributed by atoms with Gasteiger partial charge in [0.2, 0.25) is 0 Å². The molecule has 3 rings (SSSR count). The molecule has 1 saturated heterocycles. The van der Waals surface area contributed by atoms with Gasteiger partial charge in [-0.1, -0.05) is 18.7 Å². The molecule has 6 heteroatoms. The highest BCUT2D eigenvalue weighted by Crippen LogP contribution is 2.14. The maximum absolute atomic E-state index is 5.38. The molecule has 108 valence electrons. The highest BCUT2D eigenvalue weighted by molar-refractivity contribution is 5.98. The van der Waals surface area contributed by atoms with Gasteiger partial charge in [-0.25, -0.2) is 9.67 Å². The van der Waals surface area contributed by atoms with Crippen LogP contribution in [0, 0.1) is 0 Å². The number of hydrogen-bond donors (Lipinski definition) is 1. The summed E-state index contributed by atoms with van der Waals surface area (Å²) in [5.41, 5.74) is 6.02. The number of ether oxygens (including phenoxy) is 1. The van der Waals surface area contributed by atoms with Gasteiger partial charge in [0.15, 0.2) is 0 Å². The van der Waals surface area contributed by atoms with Crippen molar-refractivity contribution in [2.45, 2.75) is 19.4 Å². The van der Waals surface area contributed by atoms with Gasteiger partial charge in [0.05, 0.1) is 18.8 Å².